The SMILES string of the molecule is CC(C)Oc1ccc(Cl)cc1C(=O)N1CCCC(N2CCNCC2=O)C1. The molecule has 0 aliphatic carbocycles. The lowest BCUT2D eigenvalue weighted by atomic mass is 10.0. The number of piperazine rings is 1. The smallest absolute Gasteiger partial charge is 0.257 e. The fourth-order valence-corrected chi connectivity index (χ4v) is 3.77. The monoisotopic (exact) mass is 379 g/mol. The van der Waals surface area contributed by atoms with Crippen LogP contribution in [0.3, 0.4) is 0 Å². The van der Waals surface area contributed by atoms with Crippen LogP contribution in [0.2, 0.25) is 5.02 Å². The Morgan fingerprint density at radius 3 is 2.88 bits per heavy atom. The number of nitrogens with zero attached hydrogens (tertiary/aromatic N) is 2. The molecular formula is C19H26ClN3O3. The van der Waals surface area contributed by atoms with E-state index in [0.717, 1.165) is 19.4 Å². The van der Waals surface area contributed by atoms with Gasteiger partial charge in [0.15, 0.2) is 0 Å². The van der Waals surface area contributed by atoms with Crippen LogP contribution in [0, 0.1) is 0 Å². The highest BCUT2D eigenvalue weighted by Gasteiger charge is 2.32. The van der Waals surface area contributed by atoms with Gasteiger partial charge in [0.05, 0.1) is 18.2 Å². The van der Waals surface area contributed by atoms with Crippen LogP contribution in [0.1, 0.15) is 37.0 Å². The van der Waals surface area contributed by atoms with Gasteiger partial charge in [-0.25, -0.2) is 0 Å². The van der Waals surface area contributed by atoms with Crippen molar-refractivity contribution >= 4 is 23.4 Å². The number of carbonyl (C=O) groups is 2. The Kier molecular flexibility index (Phi) is 6.04. The number of piperidine rings is 1. The molecule has 1 N–H and O–H groups in total. The summed E-state index contributed by atoms with van der Waals surface area (Å²) >= 11 is 6.12. The van der Waals surface area contributed by atoms with E-state index in [2.05, 4.69) is 5.32 Å². The van der Waals surface area contributed by atoms with Crippen molar-refractivity contribution in [3.63, 3.8) is 0 Å². The third-order valence-corrected chi connectivity index (χ3v) is 5.02. The third kappa shape index (κ3) is 4.30. The predicted molar refractivity (Wildman–Crippen MR) is 101 cm³/mol. The Morgan fingerprint density at radius 1 is 1.35 bits per heavy atom. The first-order valence-electron chi connectivity index (χ1n) is 9.21. The fourth-order valence-electron chi connectivity index (χ4n) is 3.60. The van der Waals surface area contributed by atoms with Crippen LogP contribution in [-0.2, 0) is 4.79 Å². The largest absolute Gasteiger partial charge is 0.490 e. The minimum absolute atomic E-state index is 0.0321. The van der Waals surface area contributed by atoms with Gasteiger partial charge in [-0.3, -0.25) is 9.59 Å². The summed E-state index contributed by atoms with van der Waals surface area (Å²) in [6, 6.07) is 5.22. The van der Waals surface area contributed by atoms with Gasteiger partial charge in [0, 0.05) is 37.2 Å². The van der Waals surface area contributed by atoms with Crippen molar-refractivity contribution in [1.29, 1.82) is 0 Å². The molecule has 2 aliphatic rings. The molecule has 1 aromatic carbocycles. The van der Waals surface area contributed by atoms with Gasteiger partial charge in [0.2, 0.25) is 5.91 Å². The molecular weight excluding hydrogens is 354 g/mol. The van der Waals surface area contributed by atoms with Crippen molar-refractivity contribution < 1.29 is 14.3 Å². The maximum absolute atomic E-state index is 13.1. The highest BCUT2D eigenvalue weighted by Crippen LogP contribution is 2.27. The summed E-state index contributed by atoms with van der Waals surface area (Å²) in [7, 11) is 0. The molecule has 0 bridgehead atoms. The standard InChI is InChI=1S/C19H26ClN3O3/c1-13(2)26-17-6-5-14(20)10-16(17)19(25)22-8-3-4-15(12-22)23-9-7-21-11-18(23)24/h5-6,10,13,15,21H,3-4,7-9,11-12H2,1-2H3. The zero-order valence-electron chi connectivity index (χ0n) is 15.3. The number of amides is 2. The average molecular weight is 380 g/mol. The van der Waals surface area contributed by atoms with Gasteiger partial charge in [0.1, 0.15) is 5.75 Å². The summed E-state index contributed by atoms with van der Waals surface area (Å²) in [4.78, 5) is 29.1. The Morgan fingerprint density at radius 2 is 2.15 bits per heavy atom. The lowest BCUT2D eigenvalue weighted by molar-refractivity contribution is -0.135. The summed E-state index contributed by atoms with van der Waals surface area (Å²) < 4.78 is 5.79. The fraction of sp³-hybridized carbons (Fsp3) is 0.579. The van der Waals surface area contributed by atoms with Crippen molar-refractivity contribution in [1.82, 2.24) is 15.1 Å². The molecule has 2 saturated heterocycles. The molecule has 2 fully saturated rings. The topological polar surface area (TPSA) is 61.9 Å². The molecule has 7 heteroatoms. The summed E-state index contributed by atoms with van der Waals surface area (Å²) in [6.45, 7) is 6.97. The zero-order valence-corrected chi connectivity index (χ0v) is 16.1. The zero-order chi connectivity index (χ0) is 18.7. The molecule has 0 aromatic heterocycles. The van der Waals surface area contributed by atoms with Crippen molar-refractivity contribution in [3.05, 3.63) is 28.8 Å². The maximum atomic E-state index is 13.1. The summed E-state index contributed by atoms with van der Waals surface area (Å²) in [5, 5.41) is 3.60. The van der Waals surface area contributed by atoms with Crippen LogP contribution in [-0.4, -0.2) is 66.5 Å². The molecule has 1 aromatic rings. The molecule has 142 valence electrons. The first kappa shape index (κ1) is 19.0. The van der Waals surface area contributed by atoms with Gasteiger partial charge in [-0.15, -0.1) is 0 Å². The Balaban J connectivity index is 1.77. The highest BCUT2D eigenvalue weighted by atomic mass is 35.5. The molecule has 26 heavy (non-hydrogen) atoms. The van der Waals surface area contributed by atoms with Crippen LogP contribution in [0.4, 0.5) is 0 Å². The molecule has 1 unspecified atom stereocenters. The molecule has 0 spiro atoms. The number of ether oxygens (including phenoxy) is 1. The van der Waals surface area contributed by atoms with Crippen LogP contribution in [0.5, 0.6) is 5.75 Å². The minimum Gasteiger partial charge on any atom is -0.490 e. The van der Waals surface area contributed by atoms with E-state index in [4.69, 9.17) is 16.3 Å². The Hall–Kier alpha value is -1.79. The normalized spacial score (nSPS) is 21.2. The van der Waals surface area contributed by atoms with Crippen LogP contribution in [0.15, 0.2) is 18.2 Å². The number of hydrogen-bond donors (Lipinski definition) is 1. The van der Waals surface area contributed by atoms with Crippen LogP contribution in [0.25, 0.3) is 0 Å². The van der Waals surface area contributed by atoms with E-state index in [1.54, 1.807) is 18.2 Å². The van der Waals surface area contributed by atoms with Gasteiger partial charge in [-0.2, -0.15) is 0 Å². The number of nitrogens with one attached hydrogen (secondary N) is 1. The molecule has 3 rings (SSSR count). The summed E-state index contributed by atoms with van der Waals surface area (Å²) in [5.41, 5.74) is 0.485. The number of likely N-dealkylation sites (tertiary alicyclic amines) is 1. The molecule has 0 saturated carbocycles. The van der Waals surface area contributed by atoms with Crippen molar-refractivity contribution in [2.75, 3.05) is 32.7 Å². The van der Waals surface area contributed by atoms with Crippen LogP contribution < -0.4 is 10.1 Å². The Bertz CT molecular complexity index is 680. The number of rotatable bonds is 4. The average Bonchev–Trinajstić information content (AvgIpc) is 2.63. The summed E-state index contributed by atoms with van der Waals surface area (Å²) in [5.74, 6) is 0.576. The minimum atomic E-state index is -0.0876. The van der Waals surface area contributed by atoms with Crippen LogP contribution >= 0.6 is 11.6 Å². The maximum Gasteiger partial charge on any atom is 0.257 e. The predicted octanol–water partition coefficient (Wildman–Crippen LogP) is 2.16. The molecule has 2 amide bonds. The molecule has 2 heterocycles. The van der Waals surface area contributed by atoms with E-state index < -0.39 is 0 Å². The first-order chi connectivity index (χ1) is 12.5. The third-order valence-electron chi connectivity index (χ3n) is 4.79. The first-order valence-corrected chi connectivity index (χ1v) is 9.59. The lowest BCUT2D eigenvalue weighted by Gasteiger charge is -2.41. The quantitative estimate of drug-likeness (QED) is 0.870. The van der Waals surface area contributed by atoms with Crippen molar-refractivity contribution in [2.24, 2.45) is 0 Å². The van der Waals surface area contributed by atoms with E-state index in [1.807, 2.05) is 23.6 Å². The number of halogens is 1. The second-order valence-electron chi connectivity index (χ2n) is 7.12. The van der Waals surface area contributed by atoms with Gasteiger partial charge < -0.3 is 19.9 Å². The Labute approximate surface area is 159 Å². The number of carbonyl (C=O) groups excluding carboxylic acids is 2. The number of hydrogen-bond acceptors (Lipinski definition) is 4. The highest BCUT2D eigenvalue weighted by molar-refractivity contribution is 6.31. The molecule has 6 nitrogen and oxygen atoms in total. The molecule has 1 atom stereocenters. The van der Waals surface area contributed by atoms with Gasteiger partial charge in [-0.1, -0.05) is 11.6 Å². The van der Waals surface area contributed by atoms with E-state index in [-0.39, 0.29) is 24.0 Å². The van der Waals surface area contributed by atoms with E-state index in [9.17, 15) is 9.59 Å². The second kappa shape index (κ2) is 8.27. The summed E-state index contributed by atoms with van der Waals surface area (Å²) in [6.07, 6.45) is 1.78. The molecule has 0 radical (unpaired) electrons. The van der Waals surface area contributed by atoms with Gasteiger partial charge in [-0.05, 0) is 44.9 Å². The van der Waals surface area contributed by atoms with E-state index in [1.165, 1.54) is 0 Å². The van der Waals surface area contributed by atoms with Crippen molar-refractivity contribution in [3.8, 4) is 5.75 Å². The van der Waals surface area contributed by atoms with E-state index in [0.29, 0.717) is 42.5 Å². The van der Waals surface area contributed by atoms with Gasteiger partial charge >= 0.3 is 0 Å². The van der Waals surface area contributed by atoms with Crippen molar-refractivity contribution in [2.45, 2.75) is 38.8 Å². The van der Waals surface area contributed by atoms with E-state index >= 15 is 0 Å². The lowest BCUT2D eigenvalue weighted by Crippen LogP contribution is -2.57. The molecule has 2 aliphatic heterocycles. The van der Waals surface area contributed by atoms with Gasteiger partial charge in [0.25, 0.3) is 5.91 Å². The second-order valence-corrected chi connectivity index (χ2v) is 7.55. The number of benzene rings is 1.